The summed E-state index contributed by atoms with van der Waals surface area (Å²) in [7, 11) is 1.78. The summed E-state index contributed by atoms with van der Waals surface area (Å²) in [6, 6.07) is 14.6. The molecule has 10 heteroatoms. The van der Waals surface area contributed by atoms with E-state index in [0.29, 0.717) is 17.1 Å². The molecule has 4 aromatic rings. The number of pyridine rings is 1. The molecular weight excluding hydrogens is 436 g/mol. The normalized spacial score (nSPS) is 11.5. The summed E-state index contributed by atoms with van der Waals surface area (Å²) in [6.07, 6.45) is -1.74. The SMILES string of the molecule is Cc1ccc(F)c(N(C)c2cccc(-n3cc(CNc4ccnc(C(F)(F)F)c4)nn3)c2)c1. The van der Waals surface area contributed by atoms with Crippen LogP contribution >= 0.6 is 0 Å². The van der Waals surface area contributed by atoms with Crippen LogP contribution < -0.4 is 10.2 Å². The Hall–Kier alpha value is -3.95. The number of benzene rings is 2. The molecule has 2 aromatic carbocycles. The van der Waals surface area contributed by atoms with E-state index >= 15 is 0 Å². The highest BCUT2D eigenvalue weighted by Gasteiger charge is 2.32. The van der Waals surface area contributed by atoms with Gasteiger partial charge in [0.25, 0.3) is 0 Å². The van der Waals surface area contributed by atoms with Gasteiger partial charge in [0.1, 0.15) is 17.2 Å². The van der Waals surface area contributed by atoms with Crippen LogP contribution in [0.3, 0.4) is 0 Å². The minimum absolute atomic E-state index is 0.176. The molecule has 0 atom stereocenters. The first-order valence-corrected chi connectivity index (χ1v) is 9.99. The zero-order valence-electron chi connectivity index (χ0n) is 17.8. The monoisotopic (exact) mass is 456 g/mol. The lowest BCUT2D eigenvalue weighted by molar-refractivity contribution is -0.141. The fourth-order valence-corrected chi connectivity index (χ4v) is 3.26. The lowest BCUT2D eigenvalue weighted by Crippen LogP contribution is -2.12. The van der Waals surface area contributed by atoms with Crippen molar-refractivity contribution in [3.8, 4) is 5.69 Å². The standard InChI is InChI=1S/C23H20F4N6/c1-15-6-7-20(24)21(10-15)32(2)18-4-3-5-19(12-18)33-14-17(30-31-33)13-29-16-8-9-28-22(11-16)23(25,26)27/h3-12,14H,13H2,1-2H3,(H,28,29). The predicted molar refractivity (Wildman–Crippen MR) is 117 cm³/mol. The molecule has 0 fully saturated rings. The number of hydrogen-bond donors (Lipinski definition) is 1. The molecule has 0 aliphatic rings. The first-order chi connectivity index (χ1) is 15.7. The topological polar surface area (TPSA) is 58.9 Å². The van der Waals surface area contributed by atoms with Gasteiger partial charge in [0, 0.05) is 24.6 Å². The van der Waals surface area contributed by atoms with Crippen LogP contribution in [0.4, 0.5) is 34.6 Å². The zero-order chi connectivity index (χ0) is 23.6. The highest BCUT2D eigenvalue weighted by atomic mass is 19.4. The molecule has 0 aliphatic carbocycles. The Labute approximate surface area is 187 Å². The molecule has 0 aliphatic heterocycles. The molecular formula is C23H20F4N6. The maximum Gasteiger partial charge on any atom is 0.433 e. The molecule has 2 aromatic heterocycles. The van der Waals surface area contributed by atoms with Crippen LogP contribution in [0.2, 0.25) is 0 Å². The molecule has 0 bridgehead atoms. The van der Waals surface area contributed by atoms with Gasteiger partial charge in [-0.05, 0) is 55.0 Å². The van der Waals surface area contributed by atoms with Crippen molar-refractivity contribution in [1.82, 2.24) is 20.0 Å². The molecule has 4 rings (SSSR count). The third-order valence-corrected chi connectivity index (χ3v) is 5.01. The number of alkyl halides is 3. The minimum atomic E-state index is -4.51. The van der Waals surface area contributed by atoms with E-state index in [4.69, 9.17) is 0 Å². The summed E-state index contributed by atoms with van der Waals surface area (Å²) in [6.45, 7) is 2.07. The van der Waals surface area contributed by atoms with Gasteiger partial charge in [0.05, 0.1) is 24.1 Å². The molecule has 33 heavy (non-hydrogen) atoms. The van der Waals surface area contributed by atoms with E-state index in [2.05, 4.69) is 20.6 Å². The maximum absolute atomic E-state index is 14.3. The highest BCUT2D eigenvalue weighted by Crippen LogP contribution is 2.30. The molecule has 0 saturated carbocycles. The minimum Gasteiger partial charge on any atom is -0.379 e. The van der Waals surface area contributed by atoms with E-state index in [9.17, 15) is 17.6 Å². The van der Waals surface area contributed by atoms with Crippen LogP contribution in [0, 0.1) is 12.7 Å². The summed E-state index contributed by atoms with van der Waals surface area (Å²) in [5.41, 5.74) is 2.69. The number of aromatic nitrogens is 4. The second-order valence-electron chi connectivity index (χ2n) is 7.47. The number of halogens is 4. The Morgan fingerprint density at radius 2 is 1.88 bits per heavy atom. The average molecular weight is 456 g/mol. The number of aryl methyl sites for hydroxylation is 1. The van der Waals surface area contributed by atoms with Crippen molar-refractivity contribution in [2.75, 3.05) is 17.3 Å². The van der Waals surface area contributed by atoms with Crippen LogP contribution in [0.1, 0.15) is 17.0 Å². The van der Waals surface area contributed by atoms with E-state index in [1.807, 2.05) is 31.2 Å². The van der Waals surface area contributed by atoms with E-state index < -0.39 is 11.9 Å². The summed E-state index contributed by atoms with van der Waals surface area (Å²) >= 11 is 0. The van der Waals surface area contributed by atoms with E-state index in [0.717, 1.165) is 23.5 Å². The quantitative estimate of drug-likeness (QED) is 0.388. The predicted octanol–water partition coefficient (Wildman–Crippen LogP) is 5.51. The van der Waals surface area contributed by atoms with E-state index in [1.54, 1.807) is 35.0 Å². The van der Waals surface area contributed by atoms with Gasteiger partial charge in [0.2, 0.25) is 0 Å². The van der Waals surface area contributed by atoms with Crippen molar-refractivity contribution in [2.45, 2.75) is 19.6 Å². The molecule has 2 heterocycles. The lowest BCUT2D eigenvalue weighted by atomic mass is 10.2. The van der Waals surface area contributed by atoms with Gasteiger partial charge in [-0.15, -0.1) is 5.10 Å². The first-order valence-electron chi connectivity index (χ1n) is 9.99. The number of anilines is 3. The number of rotatable bonds is 6. The molecule has 0 unspecified atom stereocenters. The summed E-state index contributed by atoms with van der Waals surface area (Å²) in [4.78, 5) is 5.08. The third kappa shape index (κ3) is 5.11. The molecule has 0 saturated heterocycles. The van der Waals surface area contributed by atoms with Crippen molar-refractivity contribution in [3.05, 3.63) is 89.8 Å². The van der Waals surface area contributed by atoms with Crippen molar-refractivity contribution < 1.29 is 17.6 Å². The summed E-state index contributed by atoms with van der Waals surface area (Å²) < 4.78 is 54.3. The maximum atomic E-state index is 14.3. The van der Waals surface area contributed by atoms with E-state index in [-0.39, 0.29) is 18.0 Å². The molecule has 1 N–H and O–H groups in total. The third-order valence-electron chi connectivity index (χ3n) is 5.01. The molecule has 0 spiro atoms. The Morgan fingerprint density at radius 1 is 1.06 bits per heavy atom. The van der Waals surface area contributed by atoms with Crippen LogP contribution in [0.5, 0.6) is 0 Å². The summed E-state index contributed by atoms with van der Waals surface area (Å²) in [5, 5.41) is 11.1. The van der Waals surface area contributed by atoms with Gasteiger partial charge in [-0.3, -0.25) is 4.98 Å². The Bertz CT molecular complexity index is 1270. The van der Waals surface area contributed by atoms with Gasteiger partial charge >= 0.3 is 6.18 Å². The van der Waals surface area contributed by atoms with Crippen LogP contribution in [-0.2, 0) is 12.7 Å². The Balaban J connectivity index is 1.49. The number of nitrogens with zero attached hydrogens (tertiary/aromatic N) is 5. The molecule has 170 valence electrons. The van der Waals surface area contributed by atoms with Crippen LogP contribution in [-0.4, -0.2) is 27.0 Å². The Morgan fingerprint density at radius 3 is 2.67 bits per heavy atom. The fraction of sp³-hybridized carbons (Fsp3) is 0.174. The van der Waals surface area contributed by atoms with Crippen LogP contribution in [0.25, 0.3) is 5.69 Å². The van der Waals surface area contributed by atoms with Crippen molar-refractivity contribution in [3.63, 3.8) is 0 Å². The van der Waals surface area contributed by atoms with Crippen molar-refractivity contribution in [2.24, 2.45) is 0 Å². The van der Waals surface area contributed by atoms with Gasteiger partial charge < -0.3 is 10.2 Å². The second-order valence-corrected chi connectivity index (χ2v) is 7.47. The van der Waals surface area contributed by atoms with Gasteiger partial charge in [-0.1, -0.05) is 17.3 Å². The highest BCUT2D eigenvalue weighted by molar-refractivity contribution is 5.65. The Kier molecular flexibility index (Phi) is 5.99. The molecule has 6 nitrogen and oxygen atoms in total. The molecule has 0 amide bonds. The zero-order valence-corrected chi connectivity index (χ0v) is 17.8. The fourth-order valence-electron chi connectivity index (χ4n) is 3.26. The number of hydrogen-bond acceptors (Lipinski definition) is 5. The van der Waals surface area contributed by atoms with Crippen molar-refractivity contribution in [1.29, 1.82) is 0 Å². The largest absolute Gasteiger partial charge is 0.433 e. The van der Waals surface area contributed by atoms with Crippen LogP contribution in [0.15, 0.2) is 67.0 Å². The molecule has 0 radical (unpaired) electrons. The summed E-state index contributed by atoms with van der Waals surface area (Å²) in [5.74, 6) is -0.326. The smallest absolute Gasteiger partial charge is 0.379 e. The van der Waals surface area contributed by atoms with Gasteiger partial charge in [-0.25, -0.2) is 9.07 Å². The van der Waals surface area contributed by atoms with Gasteiger partial charge in [-0.2, -0.15) is 13.2 Å². The first kappa shape index (κ1) is 22.3. The van der Waals surface area contributed by atoms with Gasteiger partial charge in [0.15, 0.2) is 0 Å². The average Bonchev–Trinajstić information content (AvgIpc) is 3.28. The lowest BCUT2D eigenvalue weighted by Gasteiger charge is -2.21. The second kappa shape index (κ2) is 8.89. The number of nitrogens with one attached hydrogen (secondary N) is 1. The van der Waals surface area contributed by atoms with E-state index in [1.165, 1.54) is 12.1 Å². The van der Waals surface area contributed by atoms with Crippen molar-refractivity contribution >= 4 is 17.1 Å².